The van der Waals surface area contributed by atoms with Gasteiger partial charge in [0.15, 0.2) is 0 Å². The topological polar surface area (TPSA) is 92.5 Å². The van der Waals surface area contributed by atoms with E-state index < -0.39 is 24.5 Å². The van der Waals surface area contributed by atoms with Gasteiger partial charge in [0.2, 0.25) is 11.8 Å². The predicted octanol–water partition coefficient (Wildman–Crippen LogP) is 4.58. The van der Waals surface area contributed by atoms with Gasteiger partial charge < -0.3 is 11.1 Å². The highest BCUT2D eigenvalue weighted by molar-refractivity contribution is 6.22. The van der Waals surface area contributed by atoms with Gasteiger partial charge in [-0.25, -0.2) is 4.90 Å². The second kappa shape index (κ2) is 10.6. The zero-order valence-corrected chi connectivity index (χ0v) is 19.4. The summed E-state index contributed by atoms with van der Waals surface area (Å²) < 4.78 is 12.7. The smallest absolute Gasteiger partial charge is 0.256 e. The maximum absolute atomic E-state index is 13.8. The van der Waals surface area contributed by atoms with Crippen molar-refractivity contribution in [1.29, 1.82) is 0 Å². The number of nitrogens with two attached hydrogens (primary N) is 1. The van der Waals surface area contributed by atoms with E-state index in [1.54, 1.807) is 25.1 Å². The summed E-state index contributed by atoms with van der Waals surface area (Å²) in [5.74, 6) is -1.65. The fraction of sp³-hybridized carbons (Fsp3) is 0.423. The van der Waals surface area contributed by atoms with Gasteiger partial charge in [0.05, 0.1) is 18.3 Å². The highest BCUT2D eigenvalue weighted by Crippen LogP contribution is 2.44. The summed E-state index contributed by atoms with van der Waals surface area (Å²) in [7, 11) is 0. The number of benzene rings is 2. The number of carbonyl (C=O) groups excluding carboxylic acids is 3. The number of imide groups is 1. The molecule has 1 unspecified atom stereocenters. The zero-order valence-electron chi connectivity index (χ0n) is 19.4. The number of nitrogens with zero attached hydrogens (tertiary/aromatic N) is 1. The second-order valence-electron chi connectivity index (χ2n) is 8.97. The lowest BCUT2D eigenvalue weighted by Gasteiger charge is -2.28. The molecule has 0 aromatic heterocycles. The Morgan fingerprint density at radius 1 is 1.12 bits per heavy atom. The minimum atomic E-state index is -0.936. The van der Waals surface area contributed by atoms with E-state index in [9.17, 15) is 18.8 Å². The van der Waals surface area contributed by atoms with Gasteiger partial charge in [0.25, 0.3) is 5.91 Å². The number of halogens is 1. The zero-order chi connectivity index (χ0) is 24.1. The first kappa shape index (κ1) is 24.4. The minimum absolute atomic E-state index is 0.112. The molecule has 0 bridgehead atoms. The highest BCUT2D eigenvalue weighted by atomic mass is 19.1. The van der Waals surface area contributed by atoms with Crippen LogP contribution >= 0.6 is 0 Å². The third kappa shape index (κ3) is 5.24. The van der Waals surface area contributed by atoms with Crippen molar-refractivity contribution in [3.8, 4) is 11.1 Å². The fourth-order valence-electron chi connectivity index (χ4n) is 4.29. The van der Waals surface area contributed by atoms with E-state index in [0.29, 0.717) is 23.4 Å². The van der Waals surface area contributed by atoms with Crippen LogP contribution in [0.25, 0.3) is 11.1 Å². The molecule has 3 rings (SSSR count). The van der Waals surface area contributed by atoms with Gasteiger partial charge in [0, 0.05) is 17.7 Å². The van der Waals surface area contributed by atoms with Gasteiger partial charge in [-0.05, 0) is 55.4 Å². The van der Waals surface area contributed by atoms with Crippen LogP contribution in [0.2, 0.25) is 0 Å². The molecule has 0 saturated heterocycles. The van der Waals surface area contributed by atoms with Crippen LogP contribution in [0.15, 0.2) is 42.5 Å². The predicted molar refractivity (Wildman–Crippen MR) is 128 cm³/mol. The number of hydrogen-bond donors (Lipinski definition) is 2. The van der Waals surface area contributed by atoms with Crippen molar-refractivity contribution in [2.45, 2.75) is 58.4 Å². The first-order chi connectivity index (χ1) is 15.8. The van der Waals surface area contributed by atoms with Gasteiger partial charge in [-0.3, -0.25) is 18.8 Å². The highest BCUT2D eigenvalue weighted by Gasteiger charge is 2.38. The largest absolute Gasteiger partial charge is 0.398 e. The molecule has 33 heavy (non-hydrogen) atoms. The van der Waals surface area contributed by atoms with Crippen molar-refractivity contribution in [3.05, 3.63) is 48.0 Å². The Balaban J connectivity index is 2.06. The number of hydrogen-bond acceptors (Lipinski definition) is 4. The molecule has 1 aliphatic rings. The Morgan fingerprint density at radius 2 is 1.85 bits per heavy atom. The van der Waals surface area contributed by atoms with Crippen LogP contribution in [0.1, 0.15) is 57.9 Å². The fourth-order valence-corrected chi connectivity index (χ4v) is 4.29. The summed E-state index contributed by atoms with van der Waals surface area (Å²) in [4.78, 5) is 41.1. The van der Waals surface area contributed by atoms with Gasteiger partial charge >= 0.3 is 0 Å². The van der Waals surface area contributed by atoms with Gasteiger partial charge in [-0.15, -0.1) is 0 Å². The Bertz CT molecular complexity index is 1040. The molecular formula is C26H32FN3O3. The molecule has 1 heterocycles. The van der Waals surface area contributed by atoms with E-state index in [1.165, 1.54) is 0 Å². The van der Waals surface area contributed by atoms with Crippen molar-refractivity contribution in [2.24, 2.45) is 5.92 Å². The molecular weight excluding hydrogens is 421 g/mol. The molecule has 3 N–H and O–H groups in total. The van der Waals surface area contributed by atoms with Gasteiger partial charge in [0.1, 0.15) is 6.04 Å². The number of unbranched alkanes of at least 4 members (excludes halogenated alkanes) is 1. The monoisotopic (exact) mass is 453 g/mol. The summed E-state index contributed by atoms with van der Waals surface area (Å²) in [5.41, 5.74) is 9.40. The molecule has 0 spiro atoms. The van der Waals surface area contributed by atoms with Crippen LogP contribution in [0.5, 0.6) is 0 Å². The number of nitrogens with one attached hydrogen (secondary N) is 1. The number of carbonyl (C=O) groups is 3. The average molecular weight is 454 g/mol. The SMILES string of the molecule is CC(C)CC(=O)N[C@@H](CCCCF)C(=O)N1C(=O)C(C)c2ccccc2-c2c(N)cccc21. The lowest BCUT2D eigenvalue weighted by molar-refractivity contribution is -0.131. The Kier molecular flexibility index (Phi) is 7.84. The minimum Gasteiger partial charge on any atom is -0.398 e. The number of fused-ring (bicyclic) bond motifs is 3. The molecule has 176 valence electrons. The summed E-state index contributed by atoms with van der Waals surface area (Å²) in [6.07, 6.45) is 1.20. The van der Waals surface area contributed by atoms with Crippen molar-refractivity contribution < 1.29 is 18.8 Å². The van der Waals surface area contributed by atoms with Crippen molar-refractivity contribution >= 4 is 29.1 Å². The number of rotatable bonds is 8. The van der Waals surface area contributed by atoms with Crippen molar-refractivity contribution in [1.82, 2.24) is 5.32 Å². The second-order valence-corrected chi connectivity index (χ2v) is 8.97. The Hall–Kier alpha value is -3.22. The average Bonchev–Trinajstić information content (AvgIpc) is 2.86. The number of alkyl halides is 1. The van der Waals surface area contributed by atoms with E-state index in [4.69, 9.17) is 5.73 Å². The van der Waals surface area contributed by atoms with Crippen LogP contribution < -0.4 is 16.0 Å². The van der Waals surface area contributed by atoms with Crippen molar-refractivity contribution in [3.63, 3.8) is 0 Å². The summed E-state index contributed by atoms with van der Waals surface area (Å²) in [6.45, 7) is 5.08. The number of anilines is 2. The summed E-state index contributed by atoms with van der Waals surface area (Å²) in [6, 6.07) is 11.7. The van der Waals surface area contributed by atoms with E-state index in [2.05, 4.69) is 5.32 Å². The normalized spacial score (nSPS) is 16.1. The molecule has 0 fully saturated rings. The summed E-state index contributed by atoms with van der Waals surface area (Å²) >= 11 is 0. The molecule has 3 amide bonds. The molecule has 7 heteroatoms. The van der Waals surface area contributed by atoms with Crippen LogP contribution in [-0.4, -0.2) is 30.4 Å². The lowest BCUT2D eigenvalue weighted by atomic mass is 9.92. The van der Waals surface area contributed by atoms with Crippen LogP contribution in [-0.2, 0) is 14.4 Å². The molecule has 2 aromatic carbocycles. The van der Waals surface area contributed by atoms with E-state index in [-0.39, 0.29) is 37.0 Å². The first-order valence-corrected chi connectivity index (χ1v) is 11.5. The number of nitrogen functional groups attached to an aromatic ring is 1. The third-order valence-corrected chi connectivity index (χ3v) is 5.93. The quantitative estimate of drug-likeness (QED) is 0.452. The van der Waals surface area contributed by atoms with Gasteiger partial charge in [-0.1, -0.05) is 44.2 Å². The molecule has 2 atom stereocenters. The maximum Gasteiger partial charge on any atom is 0.256 e. The van der Waals surface area contributed by atoms with Crippen LogP contribution in [0.4, 0.5) is 15.8 Å². The first-order valence-electron chi connectivity index (χ1n) is 11.5. The van der Waals surface area contributed by atoms with Crippen molar-refractivity contribution in [2.75, 3.05) is 17.3 Å². The standard InChI is InChI=1S/C26H32FN3O3/c1-16(2)15-23(31)29-21(12-6-7-14-27)26(33)30-22-13-8-11-20(28)24(22)19-10-5-4-9-18(19)17(3)25(30)32/h4-5,8-11,13,16-17,21H,6-7,12,14-15,28H2,1-3H3,(H,29,31)/t17?,21-/m0/s1. The van der Waals surface area contributed by atoms with Gasteiger partial charge in [-0.2, -0.15) is 0 Å². The summed E-state index contributed by atoms with van der Waals surface area (Å²) in [5, 5.41) is 2.79. The van der Waals surface area contributed by atoms with E-state index >= 15 is 0 Å². The molecule has 2 aromatic rings. The molecule has 0 saturated carbocycles. The molecule has 0 aliphatic carbocycles. The molecule has 6 nitrogen and oxygen atoms in total. The molecule has 1 aliphatic heterocycles. The van der Waals surface area contributed by atoms with Crippen LogP contribution in [0.3, 0.4) is 0 Å². The maximum atomic E-state index is 13.8. The van der Waals surface area contributed by atoms with E-state index in [0.717, 1.165) is 16.0 Å². The molecule has 0 radical (unpaired) electrons. The Labute approximate surface area is 194 Å². The number of amides is 3. The Morgan fingerprint density at radius 3 is 2.55 bits per heavy atom. The van der Waals surface area contributed by atoms with E-state index in [1.807, 2.05) is 38.1 Å². The van der Waals surface area contributed by atoms with Crippen LogP contribution in [0, 0.1) is 5.92 Å². The third-order valence-electron chi connectivity index (χ3n) is 5.93. The lowest BCUT2D eigenvalue weighted by Crippen LogP contribution is -2.51.